The maximum atomic E-state index is 12.7. The summed E-state index contributed by atoms with van der Waals surface area (Å²) >= 11 is 0. The molecule has 0 radical (unpaired) electrons. The van der Waals surface area contributed by atoms with E-state index >= 15 is 0 Å². The molecule has 0 saturated carbocycles. The second kappa shape index (κ2) is 6.97. The van der Waals surface area contributed by atoms with E-state index in [2.05, 4.69) is 15.4 Å². The highest BCUT2D eigenvalue weighted by molar-refractivity contribution is 7.88. The van der Waals surface area contributed by atoms with Crippen LogP contribution >= 0.6 is 0 Å². The van der Waals surface area contributed by atoms with Crippen molar-refractivity contribution in [1.82, 2.24) is 10.0 Å². The standard InChI is InChI=1S/C13H20FN3O3S/c1-13(2,17-21(3,19)20)9-15-8-12(18)16-11-6-4-10(14)5-7-11/h4-7,15,17H,8-9H2,1-3H3,(H,16,18). The van der Waals surface area contributed by atoms with Crippen molar-refractivity contribution in [1.29, 1.82) is 0 Å². The number of amides is 1. The van der Waals surface area contributed by atoms with Crippen LogP contribution in [-0.4, -0.2) is 39.2 Å². The van der Waals surface area contributed by atoms with Gasteiger partial charge in [0, 0.05) is 17.8 Å². The lowest BCUT2D eigenvalue weighted by molar-refractivity contribution is -0.115. The molecule has 0 saturated heterocycles. The number of carbonyl (C=O) groups excluding carboxylic acids is 1. The van der Waals surface area contributed by atoms with Gasteiger partial charge in [-0.15, -0.1) is 0 Å². The van der Waals surface area contributed by atoms with Crippen LogP contribution < -0.4 is 15.4 Å². The van der Waals surface area contributed by atoms with Gasteiger partial charge in [-0.2, -0.15) is 0 Å². The fourth-order valence-electron chi connectivity index (χ4n) is 1.76. The van der Waals surface area contributed by atoms with Gasteiger partial charge in [-0.3, -0.25) is 4.79 Å². The van der Waals surface area contributed by atoms with E-state index in [0.717, 1.165) is 6.26 Å². The van der Waals surface area contributed by atoms with Crippen LogP contribution in [0.15, 0.2) is 24.3 Å². The summed E-state index contributed by atoms with van der Waals surface area (Å²) in [5.74, 6) is -0.670. The van der Waals surface area contributed by atoms with E-state index in [-0.39, 0.29) is 24.8 Å². The van der Waals surface area contributed by atoms with Crippen LogP contribution in [0, 0.1) is 5.82 Å². The lowest BCUT2D eigenvalue weighted by Gasteiger charge is -2.25. The molecular weight excluding hydrogens is 297 g/mol. The predicted octanol–water partition coefficient (Wildman–Crippen LogP) is 0.682. The zero-order chi connectivity index (χ0) is 16.1. The summed E-state index contributed by atoms with van der Waals surface area (Å²) in [6, 6.07) is 5.43. The van der Waals surface area contributed by atoms with Gasteiger partial charge in [-0.1, -0.05) is 0 Å². The Morgan fingerprint density at radius 2 is 1.81 bits per heavy atom. The highest BCUT2D eigenvalue weighted by Crippen LogP contribution is 2.07. The molecule has 3 N–H and O–H groups in total. The lowest BCUT2D eigenvalue weighted by atomic mass is 10.1. The largest absolute Gasteiger partial charge is 0.325 e. The van der Waals surface area contributed by atoms with Gasteiger partial charge in [0.25, 0.3) is 0 Å². The zero-order valence-electron chi connectivity index (χ0n) is 12.2. The molecule has 1 aromatic rings. The Morgan fingerprint density at radius 1 is 1.24 bits per heavy atom. The minimum absolute atomic E-state index is 0.0201. The maximum absolute atomic E-state index is 12.7. The van der Waals surface area contributed by atoms with Crippen LogP contribution in [-0.2, 0) is 14.8 Å². The third-order valence-corrected chi connectivity index (χ3v) is 3.37. The van der Waals surface area contributed by atoms with Gasteiger partial charge in [0.05, 0.1) is 12.8 Å². The minimum atomic E-state index is -3.31. The monoisotopic (exact) mass is 317 g/mol. The van der Waals surface area contributed by atoms with Crippen molar-refractivity contribution in [3.05, 3.63) is 30.1 Å². The molecule has 8 heteroatoms. The molecule has 0 unspecified atom stereocenters. The van der Waals surface area contributed by atoms with Crippen molar-refractivity contribution >= 4 is 21.6 Å². The van der Waals surface area contributed by atoms with Crippen molar-refractivity contribution in [3.8, 4) is 0 Å². The summed E-state index contributed by atoms with van der Waals surface area (Å²) in [4.78, 5) is 11.7. The summed E-state index contributed by atoms with van der Waals surface area (Å²) < 4.78 is 37.5. The lowest BCUT2D eigenvalue weighted by Crippen LogP contribution is -2.50. The average Bonchev–Trinajstić information content (AvgIpc) is 2.28. The van der Waals surface area contributed by atoms with Crippen LogP contribution in [0.2, 0.25) is 0 Å². The Morgan fingerprint density at radius 3 is 2.33 bits per heavy atom. The van der Waals surface area contributed by atoms with Crippen molar-refractivity contribution in [2.24, 2.45) is 0 Å². The molecule has 6 nitrogen and oxygen atoms in total. The van der Waals surface area contributed by atoms with Gasteiger partial charge < -0.3 is 10.6 Å². The fourth-order valence-corrected chi connectivity index (χ4v) is 2.84. The first kappa shape index (κ1) is 17.5. The number of nitrogens with one attached hydrogen (secondary N) is 3. The van der Waals surface area contributed by atoms with E-state index in [0.29, 0.717) is 5.69 Å². The Bertz CT molecular complexity index is 585. The number of carbonyl (C=O) groups is 1. The van der Waals surface area contributed by atoms with Crippen LogP contribution in [0.5, 0.6) is 0 Å². The number of halogens is 1. The van der Waals surface area contributed by atoms with E-state index in [1.54, 1.807) is 13.8 Å². The second-order valence-electron chi connectivity index (χ2n) is 5.42. The van der Waals surface area contributed by atoms with Crippen LogP contribution in [0.3, 0.4) is 0 Å². The molecule has 1 rings (SSSR count). The van der Waals surface area contributed by atoms with Crippen LogP contribution in [0.1, 0.15) is 13.8 Å². The molecule has 0 atom stereocenters. The Hall–Kier alpha value is -1.51. The first-order chi connectivity index (χ1) is 9.57. The molecule has 0 aliphatic carbocycles. The minimum Gasteiger partial charge on any atom is -0.325 e. The molecular formula is C13H20FN3O3S. The zero-order valence-corrected chi connectivity index (χ0v) is 13.1. The molecule has 1 amide bonds. The summed E-state index contributed by atoms with van der Waals surface area (Å²) in [6.07, 6.45) is 1.08. The topological polar surface area (TPSA) is 87.3 Å². The molecule has 21 heavy (non-hydrogen) atoms. The summed E-state index contributed by atoms with van der Waals surface area (Å²) in [5.41, 5.74) is -0.208. The summed E-state index contributed by atoms with van der Waals surface area (Å²) in [6.45, 7) is 3.72. The van der Waals surface area contributed by atoms with Crippen molar-refractivity contribution in [2.75, 3.05) is 24.7 Å². The molecule has 0 fully saturated rings. The summed E-state index contributed by atoms with van der Waals surface area (Å²) in [5, 5.41) is 5.46. The predicted molar refractivity (Wildman–Crippen MR) is 80.0 cm³/mol. The van der Waals surface area contributed by atoms with E-state index in [9.17, 15) is 17.6 Å². The Balaban J connectivity index is 2.38. The number of rotatable bonds is 7. The van der Waals surface area contributed by atoms with Crippen molar-refractivity contribution in [2.45, 2.75) is 19.4 Å². The number of sulfonamides is 1. The van der Waals surface area contributed by atoms with E-state index < -0.39 is 15.6 Å². The Kier molecular flexibility index (Phi) is 5.82. The molecule has 118 valence electrons. The van der Waals surface area contributed by atoms with E-state index in [1.807, 2.05) is 0 Å². The van der Waals surface area contributed by atoms with E-state index in [4.69, 9.17) is 0 Å². The van der Waals surface area contributed by atoms with Gasteiger partial charge in [0.2, 0.25) is 15.9 Å². The van der Waals surface area contributed by atoms with Crippen molar-refractivity contribution < 1.29 is 17.6 Å². The highest BCUT2D eigenvalue weighted by atomic mass is 32.2. The third kappa shape index (κ3) is 7.74. The Labute approximate surface area is 124 Å². The van der Waals surface area contributed by atoms with E-state index in [1.165, 1.54) is 24.3 Å². The highest BCUT2D eigenvalue weighted by Gasteiger charge is 2.21. The molecule has 0 aliphatic heterocycles. The maximum Gasteiger partial charge on any atom is 0.238 e. The second-order valence-corrected chi connectivity index (χ2v) is 7.17. The molecule has 0 aromatic heterocycles. The van der Waals surface area contributed by atoms with Gasteiger partial charge in [0.1, 0.15) is 5.82 Å². The van der Waals surface area contributed by atoms with Gasteiger partial charge >= 0.3 is 0 Å². The van der Waals surface area contributed by atoms with Gasteiger partial charge in [-0.05, 0) is 38.1 Å². The number of hydrogen-bond acceptors (Lipinski definition) is 4. The van der Waals surface area contributed by atoms with Gasteiger partial charge in [-0.25, -0.2) is 17.5 Å². The normalized spacial score (nSPS) is 12.2. The first-order valence-corrected chi connectivity index (χ1v) is 8.22. The SMILES string of the molecule is CC(C)(CNCC(=O)Nc1ccc(F)cc1)NS(C)(=O)=O. The van der Waals surface area contributed by atoms with Crippen LogP contribution in [0.25, 0.3) is 0 Å². The third-order valence-electron chi connectivity index (χ3n) is 2.44. The summed E-state index contributed by atoms with van der Waals surface area (Å²) in [7, 11) is -3.31. The fraction of sp³-hybridized carbons (Fsp3) is 0.462. The van der Waals surface area contributed by atoms with Gasteiger partial charge in [0.15, 0.2) is 0 Å². The molecule has 0 bridgehead atoms. The quantitative estimate of drug-likeness (QED) is 0.690. The molecule has 0 aliphatic rings. The number of anilines is 1. The molecule has 0 heterocycles. The van der Waals surface area contributed by atoms with Crippen LogP contribution in [0.4, 0.5) is 10.1 Å². The van der Waals surface area contributed by atoms with Crippen molar-refractivity contribution in [3.63, 3.8) is 0 Å². The first-order valence-electron chi connectivity index (χ1n) is 6.32. The molecule has 1 aromatic carbocycles. The average molecular weight is 317 g/mol. The number of hydrogen-bond donors (Lipinski definition) is 3. The smallest absolute Gasteiger partial charge is 0.238 e. The molecule has 0 spiro atoms. The number of benzene rings is 1.